The molecular formula is C40H43Cl2N9O3. The third-order valence-electron chi connectivity index (χ3n) is 10.1. The minimum absolute atomic E-state index is 0.195. The van der Waals surface area contributed by atoms with E-state index in [1.165, 1.54) is 29.9 Å². The van der Waals surface area contributed by atoms with E-state index in [1.54, 1.807) is 36.9 Å². The molecule has 54 heavy (non-hydrogen) atoms. The Labute approximate surface area is 327 Å². The average molecular weight is 769 g/mol. The van der Waals surface area contributed by atoms with Gasteiger partial charge in [-0.3, -0.25) is 10.1 Å². The first-order valence-electron chi connectivity index (χ1n) is 18.0. The fourth-order valence-corrected chi connectivity index (χ4v) is 7.43. The predicted molar refractivity (Wildman–Crippen MR) is 207 cm³/mol. The molecule has 280 valence electrons. The normalized spacial score (nSPS) is 16.1. The quantitative estimate of drug-likeness (QED) is 0.0783. The third kappa shape index (κ3) is 10.0. The highest BCUT2D eigenvalue weighted by Crippen LogP contribution is 2.45. The number of urea groups is 1. The van der Waals surface area contributed by atoms with Gasteiger partial charge in [0, 0.05) is 19.4 Å². The number of carbonyl (C=O) groups is 2. The molecule has 0 unspecified atom stereocenters. The van der Waals surface area contributed by atoms with Gasteiger partial charge in [0.25, 0.3) is 5.91 Å². The molecule has 1 heterocycles. The van der Waals surface area contributed by atoms with Crippen LogP contribution >= 0.6 is 23.2 Å². The Morgan fingerprint density at radius 1 is 0.907 bits per heavy atom. The van der Waals surface area contributed by atoms with Crippen LogP contribution in [0.4, 0.5) is 21.9 Å². The van der Waals surface area contributed by atoms with E-state index < -0.39 is 5.54 Å². The lowest BCUT2D eigenvalue weighted by Crippen LogP contribution is -2.47. The van der Waals surface area contributed by atoms with E-state index in [0.717, 1.165) is 45.1 Å². The zero-order chi connectivity index (χ0) is 39.7. The number of hydrogen-bond donors (Lipinski definition) is 1. The summed E-state index contributed by atoms with van der Waals surface area (Å²) in [5, 5.41) is 30.5. The molecule has 3 amide bonds. The van der Waals surface area contributed by atoms with Crippen molar-refractivity contribution in [3.05, 3.63) is 73.8 Å². The number of amides is 3. The summed E-state index contributed by atoms with van der Waals surface area (Å²) in [4.78, 5) is 49.5. The van der Waals surface area contributed by atoms with Crippen molar-refractivity contribution in [2.75, 3.05) is 24.5 Å². The molecule has 0 radical (unpaired) electrons. The molecule has 1 saturated heterocycles. The Morgan fingerprint density at radius 2 is 1.59 bits per heavy atom. The van der Waals surface area contributed by atoms with Gasteiger partial charge in [0.15, 0.2) is 5.69 Å². The number of isocyanates is 1. The third-order valence-corrected chi connectivity index (χ3v) is 11.0. The fraction of sp³-hybridized carbons (Fsp3) is 0.500. The summed E-state index contributed by atoms with van der Waals surface area (Å²) < 4.78 is 0. The number of rotatable bonds is 11. The molecule has 3 fully saturated rings. The lowest BCUT2D eigenvalue weighted by Gasteiger charge is -2.31. The van der Waals surface area contributed by atoms with E-state index in [2.05, 4.69) is 32.1 Å². The van der Waals surface area contributed by atoms with Gasteiger partial charge in [-0.25, -0.2) is 25.9 Å². The van der Waals surface area contributed by atoms with Gasteiger partial charge in [0.05, 0.1) is 45.7 Å². The number of carbonyl (C=O) groups excluding carboxylic acids is 3. The molecule has 2 aliphatic carbocycles. The van der Waals surface area contributed by atoms with Gasteiger partial charge in [-0.05, 0) is 94.7 Å². The van der Waals surface area contributed by atoms with E-state index in [-0.39, 0.29) is 22.5 Å². The first-order valence-corrected chi connectivity index (χ1v) is 18.7. The highest BCUT2D eigenvalue weighted by atomic mass is 35.5. The van der Waals surface area contributed by atoms with Crippen LogP contribution in [0, 0.1) is 61.0 Å². The first kappa shape index (κ1) is 43.2. The summed E-state index contributed by atoms with van der Waals surface area (Å²) >= 11 is 12.1. The molecule has 2 aromatic carbocycles. The summed E-state index contributed by atoms with van der Waals surface area (Å²) in [5.74, 6) is -0.195. The largest absolute Gasteiger partial charge is 0.332 e. The molecule has 2 saturated carbocycles. The number of benzene rings is 2. The maximum absolute atomic E-state index is 13.4. The smallest absolute Gasteiger partial charge is 0.317 e. The first-order chi connectivity index (χ1) is 26.0. The fourth-order valence-electron chi connectivity index (χ4n) is 7.02. The van der Waals surface area contributed by atoms with Crippen molar-refractivity contribution in [1.82, 2.24) is 10.2 Å². The van der Waals surface area contributed by atoms with Crippen LogP contribution in [0.15, 0.2) is 29.3 Å². The number of nitrogens with one attached hydrogen (secondary N) is 1. The van der Waals surface area contributed by atoms with Crippen molar-refractivity contribution in [2.45, 2.75) is 108 Å². The predicted octanol–water partition coefficient (Wildman–Crippen LogP) is 9.57. The van der Waals surface area contributed by atoms with Crippen molar-refractivity contribution < 1.29 is 14.4 Å². The van der Waals surface area contributed by atoms with Crippen molar-refractivity contribution in [2.24, 2.45) is 4.99 Å². The second-order valence-electron chi connectivity index (χ2n) is 13.4. The number of aliphatic imine (C=N–C) groups is 1. The summed E-state index contributed by atoms with van der Waals surface area (Å²) in [6, 6.07) is 12.5. The van der Waals surface area contributed by atoms with Crippen LogP contribution in [0.3, 0.4) is 0 Å². The molecule has 1 N–H and O–H groups in total. The molecule has 1 spiro atoms. The second kappa shape index (κ2) is 20.8. The molecule has 1 aliphatic heterocycles. The SMILES string of the molecule is N#CCCCCNC1(C#N)CCCC1.[C-]#[N+]CCCCN1C(=O)N(c2ccc(C#N)c(Cl)c2C)C(=O)C12CCCC2.[C-]#[N+]c1ccc(N=C=O)c(Cl)c1C. The van der Waals surface area contributed by atoms with E-state index in [1.807, 2.05) is 6.07 Å². The molecule has 0 atom stereocenters. The van der Waals surface area contributed by atoms with Crippen LogP contribution in [-0.4, -0.2) is 53.6 Å². The Morgan fingerprint density at radius 3 is 2.19 bits per heavy atom. The lowest BCUT2D eigenvalue weighted by molar-refractivity contribution is -0.124. The van der Waals surface area contributed by atoms with Crippen molar-refractivity contribution in [3.63, 3.8) is 0 Å². The van der Waals surface area contributed by atoms with Crippen molar-refractivity contribution in [3.8, 4) is 18.2 Å². The second-order valence-corrected chi connectivity index (χ2v) is 14.1. The molecule has 5 rings (SSSR count). The van der Waals surface area contributed by atoms with Gasteiger partial charge in [-0.15, -0.1) is 0 Å². The summed E-state index contributed by atoms with van der Waals surface area (Å²) in [5.41, 5.74) is 1.76. The number of nitriles is 3. The van der Waals surface area contributed by atoms with Gasteiger partial charge in [-0.1, -0.05) is 55.0 Å². The summed E-state index contributed by atoms with van der Waals surface area (Å²) in [6.07, 6.45) is 12.8. The van der Waals surface area contributed by atoms with Crippen LogP contribution in [0.5, 0.6) is 0 Å². The van der Waals surface area contributed by atoms with Gasteiger partial charge in [0.2, 0.25) is 12.6 Å². The molecule has 14 heteroatoms. The van der Waals surface area contributed by atoms with E-state index >= 15 is 0 Å². The van der Waals surface area contributed by atoms with Crippen LogP contribution < -0.4 is 10.2 Å². The number of anilines is 1. The van der Waals surface area contributed by atoms with Gasteiger partial charge in [0.1, 0.15) is 17.1 Å². The molecule has 0 aromatic heterocycles. The molecule has 12 nitrogen and oxygen atoms in total. The van der Waals surface area contributed by atoms with Crippen molar-refractivity contribution in [1.29, 1.82) is 15.8 Å². The van der Waals surface area contributed by atoms with Crippen LogP contribution in [0.2, 0.25) is 10.0 Å². The maximum Gasteiger partial charge on any atom is 0.332 e. The highest BCUT2D eigenvalue weighted by molar-refractivity contribution is 6.34. The Bertz CT molecular complexity index is 1950. The van der Waals surface area contributed by atoms with Gasteiger partial charge < -0.3 is 9.74 Å². The molecular weight excluding hydrogens is 725 g/mol. The Balaban J connectivity index is 0.000000244. The summed E-state index contributed by atoms with van der Waals surface area (Å²) in [6.45, 7) is 18.9. The average Bonchev–Trinajstić information content (AvgIpc) is 3.91. The van der Waals surface area contributed by atoms with E-state index in [0.29, 0.717) is 84.0 Å². The molecule has 2 aromatic rings. The summed E-state index contributed by atoms with van der Waals surface area (Å²) in [7, 11) is 0. The zero-order valence-corrected chi connectivity index (χ0v) is 32.2. The van der Waals surface area contributed by atoms with Gasteiger partial charge in [-0.2, -0.15) is 20.8 Å². The minimum atomic E-state index is -0.776. The zero-order valence-electron chi connectivity index (χ0n) is 30.7. The number of nitrogens with zero attached hydrogens (tertiary/aromatic N) is 8. The minimum Gasteiger partial charge on any atom is -0.317 e. The Hall–Kier alpha value is -5.25. The van der Waals surface area contributed by atoms with Crippen LogP contribution in [0.25, 0.3) is 9.69 Å². The van der Waals surface area contributed by atoms with E-state index in [4.69, 9.17) is 52.1 Å². The standard InChI is InChI=1S/C20H21ClN4O2.C11H17N3.C9H5ClN2O/c1-14-16(8-7-15(13-22)17(14)21)25-18(26)20(9-3-4-10-20)24(19(25)27)12-6-5-11-23-2;12-8-4-1-5-9-14-11(10-13)6-2-3-7-11;1-6-7(11-2)3-4-8(9(6)10)12-5-13/h7-8H,3-6,9-12H2,1H3;14H,1-7,9H2;3-4H,1H3. The number of halogens is 2. The number of hydrogen-bond acceptors (Lipinski definition) is 8. The Kier molecular flexibility index (Phi) is 16.7. The number of imide groups is 1. The molecule has 0 bridgehead atoms. The monoisotopic (exact) mass is 767 g/mol. The topological polar surface area (TPSA) is 162 Å². The van der Waals surface area contributed by atoms with Crippen LogP contribution in [-0.2, 0) is 9.59 Å². The highest BCUT2D eigenvalue weighted by Gasteiger charge is 2.58. The molecule has 3 aliphatic rings. The van der Waals surface area contributed by atoms with Gasteiger partial charge >= 0.3 is 6.03 Å². The van der Waals surface area contributed by atoms with Crippen molar-refractivity contribution >= 4 is 58.3 Å². The maximum atomic E-state index is 13.4. The number of unbranched alkanes of at least 4 members (excludes halogenated alkanes) is 3. The lowest BCUT2D eigenvalue weighted by atomic mass is 9.95. The van der Waals surface area contributed by atoms with E-state index in [9.17, 15) is 14.4 Å². The van der Waals surface area contributed by atoms with Crippen LogP contribution in [0.1, 0.15) is 100 Å².